The first-order chi connectivity index (χ1) is 8.60. The second kappa shape index (κ2) is 7.17. The summed E-state index contributed by atoms with van der Waals surface area (Å²) in [7, 11) is 1.71. The highest BCUT2D eigenvalue weighted by Gasteiger charge is 2.10. The molecule has 1 aromatic rings. The summed E-state index contributed by atoms with van der Waals surface area (Å²) < 4.78 is 5.42. The van der Waals surface area contributed by atoms with Crippen LogP contribution in [0.3, 0.4) is 0 Å². The number of hydrogen-bond acceptors (Lipinski definition) is 3. The highest BCUT2D eigenvalue weighted by atomic mass is 16.5. The van der Waals surface area contributed by atoms with Crippen LogP contribution in [0.5, 0.6) is 5.75 Å². The number of ether oxygens (including phenoxy) is 1. The monoisotopic (exact) mass is 249 g/mol. The zero-order valence-electron chi connectivity index (χ0n) is 11.7. The van der Waals surface area contributed by atoms with E-state index in [0.29, 0.717) is 12.5 Å². The Balaban J connectivity index is 2.84. The van der Waals surface area contributed by atoms with Gasteiger partial charge in [0.1, 0.15) is 12.0 Å². The van der Waals surface area contributed by atoms with Gasteiger partial charge in [-0.15, -0.1) is 0 Å². The van der Waals surface area contributed by atoms with E-state index >= 15 is 0 Å². The molecule has 0 spiro atoms. The first-order valence-corrected chi connectivity index (χ1v) is 6.42. The lowest BCUT2D eigenvalue weighted by molar-refractivity contribution is -0.107. The number of nitrogens with one attached hydrogen (secondary N) is 1. The van der Waals surface area contributed by atoms with E-state index in [0.717, 1.165) is 25.0 Å². The molecule has 0 atom stereocenters. The topological polar surface area (TPSA) is 38.3 Å². The molecule has 0 aliphatic rings. The van der Waals surface area contributed by atoms with Crippen LogP contribution in [0.1, 0.15) is 36.5 Å². The molecule has 3 nitrogen and oxygen atoms in total. The van der Waals surface area contributed by atoms with Gasteiger partial charge in [0.15, 0.2) is 0 Å². The lowest BCUT2D eigenvalue weighted by atomic mass is 9.95. The van der Waals surface area contributed by atoms with E-state index in [1.165, 1.54) is 16.7 Å². The Morgan fingerprint density at radius 2 is 2.11 bits per heavy atom. The van der Waals surface area contributed by atoms with E-state index < -0.39 is 0 Å². The van der Waals surface area contributed by atoms with Gasteiger partial charge >= 0.3 is 0 Å². The van der Waals surface area contributed by atoms with Crippen molar-refractivity contribution in [1.29, 1.82) is 0 Å². The fourth-order valence-electron chi connectivity index (χ4n) is 2.03. The van der Waals surface area contributed by atoms with E-state index in [-0.39, 0.29) is 0 Å². The van der Waals surface area contributed by atoms with Gasteiger partial charge in [-0.05, 0) is 48.6 Å². The van der Waals surface area contributed by atoms with Crippen LogP contribution in [0.4, 0.5) is 0 Å². The minimum absolute atomic E-state index is 0.423. The molecule has 100 valence electrons. The molecule has 0 saturated heterocycles. The predicted octanol–water partition coefficient (Wildman–Crippen LogP) is 2.46. The summed E-state index contributed by atoms with van der Waals surface area (Å²) in [5, 5.41) is 3.09. The van der Waals surface area contributed by atoms with Crippen LogP contribution in [0, 0.1) is 6.92 Å². The van der Waals surface area contributed by atoms with Crippen LogP contribution < -0.4 is 10.1 Å². The Morgan fingerprint density at radius 1 is 1.39 bits per heavy atom. The van der Waals surface area contributed by atoms with Gasteiger partial charge in [0.2, 0.25) is 0 Å². The van der Waals surface area contributed by atoms with E-state index in [4.69, 9.17) is 4.74 Å². The highest BCUT2D eigenvalue weighted by molar-refractivity contribution is 5.51. The number of carbonyl (C=O) groups is 1. The van der Waals surface area contributed by atoms with E-state index in [1.807, 2.05) is 0 Å². The molecule has 0 amide bonds. The molecular formula is C15H23NO2. The summed E-state index contributed by atoms with van der Waals surface area (Å²) in [6.07, 6.45) is 1.82. The standard InChI is InChI=1S/C15H23NO2/c1-11(2)14-10-13(5-6-16-7-8-17)12(3)9-15(14)18-4/h8-11,16H,5-7H2,1-4H3. The second-order valence-electron chi connectivity index (χ2n) is 4.80. The maximum Gasteiger partial charge on any atom is 0.133 e. The van der Waals surface area contributed by atoms with Gasteiger partial charge in [-0.3, -0.25) is 0 Å². The highest BCUT2D eigenvalue weighted by Crippen LogP contribution is 2.29. The maximum absolute atomic E-state index is 10.2. The lowest BCUT2D eigenvalue weighted by Crippen LogP contribution is -2.19. The number of methoxy groups -OCH3 is 1. The van der Waals surface area contributed by atoms with Crippen molar-refractivity contribution in [1.82, 2.24) is 5.32 Å². The first kappa shape index (κ1) is 14.7. The third-order valence-corrected chi connectivity index (χ3v) is 3.11. The van der Waals surface area contributed by atoms with Crippen molar-refractivity contribution in [2.45, 2.75) is 33.1 Å². The van der Waals surface area contributed by atoms with Gasteiger partial charge in [0.25, 0.3) is 0 Å². The van der Waals surface area contributed by atoms with Crippen molar-refractivity contribution in [2.24, 2.45) is 0 Å². The number of rotatable bonds is 7. The smallest absolute Gasteiger partial charge is 0.133 e. The van der Waals surface area contributed by atoms with Crippen LogP contribution in [0.2, 0.25) is 0 Å². The number of carbonyl (C=O) groups excluding carboxylic acids is 1. The molecule has 0 heterocycles. The van der Waals surface area contributed by atoms with Gasteiger partial charge in [0, 0.05) is 0 Å². The van der Waals surface area contributed by atoms with Crippen molar-refractivity contribution in [3.63, 3.8) is 0 Å². The van der Waals surface area contributed by atoms with Crippen LogP contribution in [-0.4, -0.2) is 26.5 Å². The van der Waals surface area contributed by atoms with Crippen LogP contribution in [-0.2, 0) is 11.2 Å². The number of aldehydes is 1. The molecule has 0 aromatic heterocycles. The first-order valence-electron chi connectivity index (χ1n) is 6.42. The largest absolute Gasteiger partial charge is 0.496 e. The predicted molar refractivity (Wildman–Crippen MR) is 74.5 cm³/mol. The zero-order chi connectivity index (χ0) is 13.5. The fraction of sp³-hybridized carbons (Fsp3) is 0.533. The average Bonchev–Trinajstić information content (AvgIpc) is 2.35. The van der Waals surface area contributed by atoms with E-state index in [2.05, 4.69) is 38.2 Å². The van der Waals surface area contributed by atoms with Gasteiger partial charge < -0.3 is 14.8 Å². The molecule has 0 aliphatic carbocycles. The Kier molecular flexibility index (Phi) is 5.86. The van der Waals surface area contributed by atoms with Gasteiger partial charge in [-0.2, -0.15) is 0 Å². The minimum atomic E-state index is 0.423. The number of hydrogen-bond donors (Lipinski definition) is 1. The Morgan fingerprint density at radius 3 is 2.67 bits per heavy atom. The van der Waals surface area contributed by atoms with Crippen LogP contribution in [0.25, 0.3) is 0 Å². The van der Waals surface area contributed by atoms with Gasteiger partial charge in [-0.25, -0.2) is 0 Å². The molecular weight excluding hydrogens is 226 g/mol. The molecule has 1 aromatic carbocycles. The van der Waals surface area contributed by atoms with Gasteiger partial charge in [-0.1, -0.05) is 19.9 Å². The quantitative estimate of drug-likeness (QED) is 0.596. The molecule has 0 fully saturated rings. The normalized spacial score (nSPS) is 10.7. The van der Waals surface area contributed by atoms with E-state index in [1.54, 1.807) is 7.11 Å². The molecule has 0 unspecified atom stereocenters. The Bertz CT molecular complexity index is 400. The summed E-state index contributed by atoms with van der Waals surface area (Å²) in [4.78, 5) is 10.2. The summed E-state index contributed by atoms with van der Waals surface area (Å²) in [5.74, 6) is 1.41. The third kappa shape index (κ3) is 3.84. The van der Waals surface area contributed by atoms with Crippen LogP contribution >= 0.6 is 0 Å². The molecule has 18 heavy (non-hydrogen) atoms. The van der Waals surface area contributed by atoms with Gasteiger partial charge in [0.05, 0.1) is 13.7 Å². The summed E-state index contributed by atoms with van der Waals surface area (Å²) in [6.45, 7) is 7.68. The molecule has 0 bridgehead atoms. The molecule has 1 N–H and O–H groups in total. The SMILES string of the molecule is COc1cc(C)c(CCNCC=O)cc1C(C)C. The molecule has 3 heteroatoms. The number of benzene rings is 1. The summed E-state index contributed by atoms with van der Waals surface area (Å²) >= 11 is 0. The minimum Gasteiger partial charge on any atom is -0.496 e. The summed E-state index contributed by atoms with van der Waals surface area (Å²) in [6, 6.07) is 4.33. The fourth-order valence-corrected chi connectivity index (χ4v) is 2.03. The molecule has 0 saturated carbocycles. The van der Waals surface area contributed by atoms with Crippen molar-refractivity contribution in [2.75, 3.05) is 20.2 Å². The number of aryl methyl sites for hydroxylation is 1. The third-order valence-electron chi connectivity index (χ3n) is 3.11. The Hall–Kier alpha value is -1.35. The maximum atomic E-state index is 10.2. The zero-order valence-corrected chi connectivity index (χ0v) is 11.7. The molecule has 0 radical (unpaired) electrons. The van der Waals surface area contributed by atoms with E-state index in [9.17, 15) is 4.79 Å². The van der Waals surface area contributed by atoms with Crippen molar-refractivity contribution in [3.8, 4) is 5.75 Å². The molecule has 1 rings (SSSR count). The second-order valence-corrected chi connectivity index (χ2v) is 4.80. The van der Waals surface area contributed by atoms with Crippen molar-refractivity contribution >= 4 is 6.29 Å². The van der Waals surface area contributed by atoms with Crippen molar-refractivity contribution < 1.29 is 9.53 Å². The summed E-state index contributed by atoms with van der Waals surface area (Å²) in [5.41, 5.74) is 3.80. The molecule has 0 aliphatic heterocycles. The lowest BCUT2D eigenvalue weighted by Gasteiger charge is -2.16. The van der Waals surface area contributed by atoms with Crippen molar-refractivity contribution in [3.05, 3.63) is 28.8 Å². The Labute approximate surface area is 110 Å². The van der Waals surface area contributed by atoms with Crippen LogP contribution in [0.15, 0.2) is 12.1 Å². The average molecular weight is 249 g/mol.